The standard InChI is InChI=1S/C14H12F4N2O/c15-8-5-6-11(16)10(7-8)13(20-19)9-3-1-2-4-12(9)21-14(17)18/h1-7,13-14,20H,19H2. The van der Waals surface area contributed by atoms with Crippen LogP contribution < -0.4 is 16.0 Å². The van der Waals surface area contributed by atoms with Gasteiger partial charge in [-0.1, -0.05) is 18.2 Å². The number of para-hydroxylation sites is 1. The number of nitrogens with two attached hydrogens (primary N) is 1. The third kappa shape index (κ3) is 3.50. The number of hydrazine groups is 1. The summed E-state index contributed by atoms with van der Waals surface area (Å²) in [5.74, 6) is 3.82. The Labute approximate surface area is 118 Å². The Balaban J connectivity index is 2.49. The molecule has 21 heavy (non-hydrogen) atoms. The first-order valence-corrected chi connectivity index (χ1v) is 5.97. The van der Waals surface area contributed by atoms with Gasteiger partial charge in [0.05, 0.1) is 6.04 Å². The van der Waals surface area contributed by atoms with Crippen molar-refractivity contribution in [3.63, 3.8) is 0 Å². The summed E-state index contributed by atoms with van der Waals surface area (Å²) in [5.41, 5.74) is 2.35. The van der Waals surface area contributed by atoms with E-state index in [0.29, 0.717) is 0 Å². The van der Waals surface area contributed by atoms with E-state index in [-0.39, 0.29) is 16.9 Å². The first-order valence-electron chi connectivity index (χ1n) is 5.97. The second-order valence-electron chi connectivity index (χ2n) is 4.18. The van der Waals surface area contributed by atoms with E-state index < -0.39 is 24.3 Å². The van der Waals surface area contributed by atoms with Gasteiger partial charge in [0.15, 0.2) is 0 Å². The van der Waals surface area contributed by atoms with E-state index in [2.05, 4.69) is 10.2 Å². The second-order valence-corrected chi connectivity index (χ2v) is 4.18. The van der Waals surface area contributed by atoms with Crippen molar-refractivity contribution in [2.24, 2.45) is 5.84 Å². The van der Waals surface area contributed by atoms with Gasteiger partial charge in [0.25, 0.3) is 0 Å². The molecule has 0 aliphatic carbocycles. The molecule has 0 aromatic heterocycles. The first kappa shape index (κ1) is 15.3. The molecule has 0 heterocycles. The fourth-order valence-electron chi connectivity index (χ4n) is 2.01. The quantitative estimate of drug-likeness (QED) is 0.507. The number of nitrogens with one attached hydrogen (secondary N) is 1. The highest BCUT2D eigenvalue weighted by atomic mass is 19.3. The molecule has 0 saturated heterocycles. The van der Waals surface area contributed by atoms with Crippen LogP contribution in [0.5, 0.6) is 5.75 Å². The van der Waals surface area contributed by atoms with Crippen LogP contribution in [0.15, 0.2) is 42.5 Å². The van der Waals surface area contributed by atoms with Crippen molar-refractivity contribution in [3.05, 3.63) is 65.2 Å². The summed E-state index contributed by atoms with van der Waals surface area (Å²) in [6.07, 6.45) is 0. The molecule has 7 heteroatoms. The average molecular weight is 300 g/mol. The van der Waals surface area contributed by atoms with Gasteiger partial charge in [0, 0.05) is 11.1 Å². The van der Waals surface area contributed by atoms with Crippen molar-refractivity contribution in [3.8, 4) is 5.75 Å². The van der Waals surface area contributed by atoms with Crippen molar-refractivity contribution in [2.75, 3.05) is 0 Å². The van der Waals surface area contributed by atoms with Gasteiger partial charge in [0.1, 0.15) is 17.4 Å². The molecule has 0 bridgehead atoms. The number of rotatable bonds is 5. The molecule has 0 radical (unpaired) electrons. The molecule has 0 aliphatic rings. The van der Waals surface area contributed by atoms with Crippen molar-refractivity contribution in [2.45, 2.75) is 12.7 Å². The summed E-state index contributed by atoms with van der Waals surface area (Å²) in [6, 6.07) is 7.57. The van der Waals surface area contributed by atoms with Gasteiger partial charge in [-0.15, -0.1) is 0 Å². The SMILES string of the molecule is NNC(c1cc(F)ccc1F)c1ccccc1OC(F)F. The van der Waals surface area contributed by atoms with Crippen molar-refractivity contribution in [1.29, 1.82) is 0 Å². The minimum atomic E-state index is -3.04. The largest absolute Gasteiger partial charge is 0.434 e. The maximum Gasteiger partial charge on any atom is 0.387 e. The van der Waals surface area contributed by atoms with Crippen LogP contribution in [0.3, 0.4) is 0 Å². The molecule has 0 amide bonds. The fraction of sp³-hybridized carbons (Fsp3) is 0.143. The molecule has 0 spiro atoms. The minimum Gasteiger partial charge on any atom is -0.434 e. The molecule has 2 aromatic rings. The van der Waals surface area contributed by atoms with Crippen LogP contribution in [-0.2, 0) is 0 Å². The lowest BCUT2D eigenvalue weighted by Gasteiger charge is -2.20. The van der Waals surface area contributed by atoms with Gasteiger partial charge < -0.3 is 4.74 Å². The van der Waals surface area contributed by atoms with E-state index in [1.807, 2.05) is 0 Å². The molecule has 0 aliphatic heterocycles. The minimum absolute atomic E-state index is 0.109. The first-order chi connectivity index (χ1) is 10.0. The molecular formula is C14H12F4N2O. The Kier molecular flexibility index (Phi) is 4.77. The molecule has 0 saturated carbocycles. The van der Waals surface area contributed by atoms with Gasteiger partial charge in [-0.05, 0) is 24.3 Å². The number of hydrogen-bond donors (Lipinski definition) is 2. The molecule has 2 rings (SSSR count). The molecule has 1 atom stereocenters. The van der Waals surface area contributed by atoms with Crippen LogP contribution in [-0.4, -0.2) is 6.61 Å². The normalized spacial score (nSPS) is 12.5. The van der Waals surface area contributed by atoms with Crippen molar-refractivity contribution < 1.29 is 22.3 Å². The predicted octanol–water partition coefficient (Wildman–Crippen LogP) is 3.12. The van der Waals surface area contributed by atoms with E-state index >= 15 is 0 Å². The zero-order chi connectivity index (χ0) is 15.4. The Hall–Kier alpha value is -2.12. The van der Waals surface area contributed by atoms with Crippen molar-refractivity contribution in [1.82, 2.24) is 5.43 Å². The number of ether oxygens (including phenoxy) is 1. The summed E-state index contributed by atoms with van der Waals surface area (Å²) in [4.78, 5) is 0. The van der Waals surface area contributed by atoms with Gasteiger partial charge in [-0.3, -0.25) is 5.84 Å². The number of halogens is 4. The van der Waals surface area contributed by atoms with Gasteiger partial charge in [0.2, 0.25) is 0 Å². The maximum atomic E-state index is 13.8. The summed E-state index contributed by atoms with van der Waals surface area (Å²) < 4.78 is 56.3. The fourth-order valence-corrected chi connectivity index (χ4v) is 2.01. The number of alkyl halides is 2. The Morgan fingerprint density at radius 2 is 1.71 bits per heavy atom. The highest BCUT2D eigenvalue weighted by Gasteiger charge is 2.22. The predicted molar refractivity (Wildman–Crippen MR) is 68.6 cm³/mol. The van der Waals surface area contributed by atoms with E-state index in [0.717, 1.165) is 18.2 Å². The smallest absolute Gasteiger partial charge is 0.387 e. The Bertz CT molecular complexity index is 622. The van der Waals surface area contributed by atoms with Crippen LogP contribution in [0, 0.1) is 11.6 Å². The van der Waals surface area contributed by atoms with Gasteiger partial charge in [-0.25, -0.2) is 14.2 Å². The topological polar surface area (TPSA) is 47.3 Å². The Morgan fingerprint density at radius 1 is 1.00 bits per heavy atom. The molecule has 3 nitrogen and oxygen atoms in total. The number of hydrogen-bond acceptors (Lipinski definition) is 3. The maximum absolute atomic E-state index is 13.8. The van der Waals surface area contributed by atoms with Crippen LogP contribution in [0.25, 0.3) is 0 Å². The lowest BCUT2D eigenvalue weighted by Crippen LogP contribution is -2.30. The van der Waals surface area contributed by atoms with E-state index in [1.54, 1.807) is 6.07 Å². The second kappa shape index (κ2) is 6.55. The average Bonchev–Trinajstić information content (AvgIpc) is 2.44. The third-order valence-corrected chi connectivity index (χ3v) is 2.88. The van der Waals surface area contributed by atoms with E-state index in [4.69, 9.17) is 5.84 Å². The van der Waals surface area contributed by atoms with Gasteiger partial charge in [-0.2, -0.15) is 8.78 Å². The lowest BCUT2D eigenvalue weighted by molar-refractivity contribution is -0.0506. The molecule has 1 unspecified atom stereocenters. The highest BCUT2D eigenvalue weighted by molar-refractivity contribution is 5.42. The lowest BCUT2D eigenvalue weighted by atomic mass is 9.98. The van der Waals surface area contributed by atoms with Crippen LogP contribution in [0.1, 0.15) is 17.2 Å². The zero-order valence-corrected chi connectivity index (χ0v) is 10.7. The monoisotopic (exact) mass is 300 g/mol. The molecular weight excluding hydrogens is 288 g/mol. The summed E-state index contributed by atoms with van der Waals surface area (Å²) in [6.45, 7) is -3.04. The summed E-state index contributed by atoms with van der Waals surface area (Å²) in [5, 5.41) is 0. The Morgan fingerprint density at radius 3 is 2.38 bits per heavy atom. The third-order valence-electron chi connectivity index (χ3n) is 2.88. The van der Waals surface area contributed by atoms with E-state index in [9.17, 15) is 17.6 Å². The van der Waals surface area contributed by atoms with Crippen LogP contribution in [0.2, 0.25) is 0 Å². The van der Waals surface area contributed by atoms with Crippen LogP contribution in [0.4, 0.5) is 17.6 Å². The van der Waals surface area contributed by atoms with E-state index in [1.165, 1.54) is 18.2 Å². The highest BCUT2D eigenvalue weighted by Crippen LogP contribution is 2.32. The van der Waals surface area contributed by atoms with Gasteiger partial charge >= 0.3 is 6.61 Å². The number of benzene rings is 2. The molecule has 2 aromatic carbocycles. The zero-order valence-electron chi connectivity index (χ0n) is 10.7. The summed E-state index contributed by atoms with van der Waals surface area (Å²) >= 11 is 0. The molecule has 3 N–H and O–H groups in total. The molecule has 0 fully saturated rings. The molecule has 112 valence electrons. The van der Waals surface area contributed by atoms with Crippen LogP contribution >= 0.6 is 0 Å². The summed E-state index contributed by atoms with van der Waals surface area (Å²) in [7, 11) is 0. The van der Waals surface area contributed by atoms with Crippen molar-refractivity contribution >= 4 is 0 Å².